The van der Waals surface area contributed by atoms with Crippen LogP contribution in [0.5, 0.6) is 5.75 Å². The fourth-order valence-corrected chi connectivity index (χ4v) is 3.55. The van der Waals surface area contributed by atoms with E-state index in [2.05, 4.69) is 16.3 Å². The summed E-state index contributed by atoms with van der Waals surface area (Å²) in [7, 11) is 0. The van der Waals surface area contributed by atoms with Crippen LogP contribution in [-0.4, -0.2) is 56.8 Å². The summed E-state index contributed by atoms with van der Waals surface area (Å²) in [5.41, 5.74) is 4.68. The fourth-order valence-electron chi connectivity index (χ4n) is 3.55. The first kappa shape index (κ1) is 20.4. The van der Waals surface area contributed by atoms with Gasteiger partial charge in [0.2, 0.25) is 5.91 Å². The number of nitrogens with one attached hydrogen (secondary N) is 1. The third-order valence-electron chi connectivity index (χ3n) is 5.13. The van der Waals surface area contributed by atoms with Gasteiger partial charge in [0.1, 0.15) is 11.3 Å². The van der Waals surface area contributed by atoms with E-state index >= 15 is 0 Å². The Kier molecular flexibility index (Phi) is 6.75. The van der Waals surface area contributed by atoms with Crippen LogP contribution in [0, 0.1) is 13.8 Å². The highest BCUT2D eigenvalue weighted by molar-refractivity contribution is 5.98. The highest BCUT2D eigenvalue weighted by Crippen LogP contribution is 2.37. The summed E-state index contributed by atoms with van der Waals surface area (Å²) in [6.07, 6.45) is 3.41. The fraction of sp³-hybridized carbons (Fsp3) is 0.500. The normalized spacial score (nSPS) is 15.8. The minimum atomic E-state index is -0.0881. The van der Waals surface area contributed by atoms with E-state index in [9.17, 15) is 4.79 Å². The number of amides is 1. The van der Waals surface area contributed by atoms with E-state index in [-0.39, 0.29) is 5.91 Å². The predicted octanol–water partition coefficient (Wildman–Crippen LogP) is 3.30. The number of rotatable bonds is 7. The molecule has 6 nitrogen and oxygen atoms in total. The first-order valence-corrected chi connectivity index (χ1v) is 9.92. The summed E-state index contributed by atoms with van der Waals surface area (Å²) < 4.78 is 16.9. The highest BCUT2D eigenvalue weighted by atomic mass is 16.5. The van der Waals surface area contributed by atoms with Gasteiger partial charge in [0.05, 0.1) is 26.1 Å². The van der Waals surface area contributed by atoms with E-state index in [1.807, 2.05) is 27.7 Å². The van der Waals surface area contributed by atoms with E-state index in [0.717, 1.165) is 71.8 Å². The Morgan fingerprint density at radius 2 is 2.07 bits per heavy atom. The first-order valence-electron chi connectivity index (χ1n) is 9.92. The van der Waals surface area contributed by atoms with Gasteiger partial charge in [-0.2, -0.15) is 0 Å². The molecule has 0 atom stereocenters. The van der Waals surface area contributed by atoms with Gasteiger partial charge < -0.3 is 19.2 Å². The molecule has 1 aromatic heterocycles. The van der Waals surface area contributed by atoms with E-state index in [0.29, 0.717) is 13.2 Å². The molecule has 0 aliphatic carbocycles. The van der Waals surface area contributed by atoms with Crippen LogP contribution in [0.1, 0.15) is 30.5 Å². The SMILES string of the molecule is CCOc1c(/C(C)=C/C(=O)NCCN2CCOCC2)cc2c(C)coc2c1C. The molecule has 3 rings (SSSR count). The smallest absolute Gasteiger partial charge is 0.244 e. The van der Waals surface area contributed by atoms with Crippen LogP contribution >= 0.6 is 0 Å². The van der Waals surface area contributed by atoms with Gasteiger partial charge in [-0.1, -0.05) is 0 Å². The quantitative estimate of drug-likeness (QED) is 0.740. The lowest BCUT2D eigenvalue weighted by molar-refractivity contribution is -0.116. The number of ether oxygens (including phenoxy) is 2. The molecule has 0 saturated carbocycles. The Balaban J connectivity index is 1.75. The van der Waals surface area contributed by atoms with Gasteiger partial charge in [-0.25, -0.2) is 0 Å². The lowest BCUT2D eigenvalue weighted by Gasteiger charge is -2.26. The number of benzene rings is 1. The second-order valence-electron chi connectivity index (χ2n) is 7.18. The zero-order chi connectivity index (χ0) is 20.1. The van der Waals surface area contributed by atoms with Gasteiger partial charge in [0.25, 0.3) is 0 Å². The van der Waals surface area contributed by atoms with Crippen molar-refractivity contribution in [3.05, 3.63) is 35.1 Å². The molecular weight excluding hydrogens is 356 g/mol. The highest BCUT2D eigenvalue weighted by Gasteiger charge is 2.17. The van der Waals surface area contributed by atoms with Crippen molar-refractivity contribution in [2.45, 2.75) is 27.7 Å². The molecule has 1 amide bonds. The molecule has 1 aromatic carbocycles. The maximum absolute atomic E-state index is 12.4. The van der Waals surface area contributed by atoms with Gasteiger partial charge in [-0.3, -0.25) is 9.69 Å². The zero-order valence-electron chi connectivity index (χ0n) is 17.3. The second kappa shape index (κ2) is 9.26. The minimum absolute atomic E-state index is 0.0881. The van der Waals surface area contributed by atoms with Crippen LogP contribution in [0.2, 0.25) is 0 Å². The van der Waals surface area contributed by atoms with Crippen molar-refractivity contribution >= 4 is 22.4 Å². The van der Waals surface area contributed by atoms with Crippen LogP contribution in [0.4, 0.5) is 0 Å². The number of hydrogen-bond acceptors (Lipinski definition) is 5. The van der Waals surface area contributed by atoms with Crippen molar-refractivity contribution in [2.75, 3.05) is 46.0 Å². The Labute approximate surface area is 166 Å². The van der Waals surface area contributed by atoms with Gasteiger partial charge in [0.15, 0.2) is 0 Å². The maximum atomic E-state index is 12.4. The van der Waals surface area contributed by atoms with Crippen LogP contribution in [-0.2, 0) is 9.53 Å². The molecule has 1 N–H and O–H groups in total. The molecule has 0 spiro atoms. The number of nitrogens with zero attached hydrogens (tertiary/aromatic N) is 1. The number of furan rings is 1. The summed E-state index contributed by atoms with van der Waals surface area (Å²) in [6, 6.07) is 2.05. The first-order chi connectivity index (χ1) is 13.5. The standard InChI is InChI=1S/C22H30N2O4/c1-5-27-21-17(4)22-19(16(3)14-28-22)13-18(21)15(2)12-20(25)23-6-7-24-8-10-26-11-9-24/h12-14H,5-11H2,1-4H3,(H,23,25)/b15-12+. The summed E-state index contributed by atoms with van der Waals surface area (Å²) in [5, 5.41) is 4.04. The predicted molar refractivity (Wildman–Crippen MR) is 111 cm³/mol. The van der Waals surface area contributed by atoms with Gasteiger partial charge in [-0.15, -0.1) is 0 Å². The molecule has 2 heterocycles. The summed E-state index contributed by atoms with van der Waals surface area (Å²) in [6.45, 7) is 13.3. The lowest BCUT2D eigenvalue weighted by Crippen LogP contribution is -2.41. The van der Waals surface area contributed by atoms with Crippen LogP contribution in [0.25, 0.3) is 16.5 Å². The number of aryl methyl sites for hydroxylation is 2. The summed E-state index contributed by atoms with van der Waals surface area (Å²) in [5.74, 6) is 0.689. The van der Waals surface area contributed by atoms with Crippen molar-refractivity contribution in [2.24, 2.45) is 0 Å². The van der Waals surface area contributed by atoms with Crippen molar-refractivity contribution < 1.29 is 18.7 Å². The summed E-state index contributed by atoms with van der Waals surface area (Å²) >= 11 is 0. The van der Waals surface area contributed by atoms with Crippen molar-refractivity contribution in [3.8, 4) is 5.75 Å². The Morgan fingerprint density at radius 1 is 1.32 bits per heavy atom. The van der Waals surface area contributed by atoms with Gasteiger partial charge >= 0.3 is 0 Å². The van der Waals surface area contributed by atoms with Crippen LogP contribution < -0.4 is 10.1 Å². The average molecular weight is 386 g/mol. The van der Waals surface area contributed by atoms with Gasteiger partial charge in [0, 0.05) is 48.8 Å². The molecule has 0 unspecified atom stereocenters. The third kappa shape index (κ3) is 4.56. The molecule has 0 bridgehead atoms. The number of carbonyl (C=O) groups excluding carboxylic acids is 1. The number of carbonyl (C=O) groups is 1. The Morgan fingerprint density at radius 3 is 2.79 bits per heavy atom. The topological polar surface area (TPSA) is 63.9 Å². The average Bonchev–Trinajstić information content (AvgIpc) is 3.06. The lowest BCUT2D eigenvalue weighted by atomic mass is 9.98. The molecule has 1 fully saturated rings. The number of fused-ring (bicyclic) bond motifs is 1. The zero-order valence-corrected chi connectivity index (χ0v) is 17.3. The molecule has 6 heteroatoms. The van der Waals surface area contributed by atoms with Gasteiger partial charge in [-0.05, 0) is 44.9 Å². The molecule has 152 valence electrons. The molecule has 1 saturated heterocycles. The maximum Gasteiger partial charge on any atom is 0.244 e. The Bertz CT molecular complexity index is 863. The molecule has 2 aromatic rings. The monoisotopic (exact) mass is 386 g/mol. The van der Waals surface area contributed by atoms with Crippen molar-refractivity contribution in [1.29, 1.82) is 0 Å². The van der Waals surface area contributed by atoms with E-state index < -0.39 is 0 Å². The molecule has 28 heavy (non-hydrogen) atoms. The van der Waals surface area contributed by atoms with Crippen molar-refractivity contribution in [3.63, 3.8) is 0 Å². The molecule has 0 radical (unpaired) electrons. The molecule has 1 aliphatic rings. The van der Waals surface area contributed by atoms with E-state index in [1.165, 1.54) is 0 Å². The van der Waals surface area contributed by atoms with Crippen LogP contribution in [0.3, 0.4) is 0 Å². The van der Waals surface area contributed by atoms with E-state index in [1.54, 1.807) is 12.3 Å². The third-order valence-corrected chi connectivity index (χ3v) is 5.13. The number of allylic oxidation sites excluding steroid dienone is 1. The second-order valence-corrected chi connectivity index (χ2v) is 7.18. The molecular formula is C22H30N2O4. The summed E-state index contributed by atoms with van der Waals surface area (Å²) in [4.78, 5) is 14.7. The number of morpholine rings is 1. The largest absolute Gasteiger partial charge is 0.493 e. The molecule has 1 aliphatic heterocycles. The minimum Gasteiger partial charge on any atom is -0.493 e. The van der Waals surface area contributed by atoms with E-state index in [4.69, 9.17) is 13.9 Å². The van der Waals surface area contributed by atoms with Crippen molar-refractivity contribution in [1.82, 2.24) is 10.2 Å². The van der Waals surface area contributed by atoms with Crippen LogP contribution in [0.15, 0.2) is 22.8 Å². The number of hydrogen-bond donors (Lipinski definition) is 1. The Hall–Kier alpha value is -2.31.